The van der Waals surface area contributed by atoms with E-state index in [1.54, 1.807) is 43.9 Å². The Morgan fingerprint density at radius 2 is 1.93 bits per heavy atom. The molecule has 0 aliphatic rings. The number of ether oxygens (including phenoxy) is 3. The Morgan fingerprint density at radius 1 is 1.17 bits per heavy atom. The van der Waals surface area contributed by atoms with E-state index in [-0.39, 0.29) is 31.2 Å². The van der Waals surface area contributed by atoms with Crippen LogP contribution in [0.15, 0.2) is 46.2 Å². The van der Waals surface area contributed by atoms with E-state index >= 15 is 0 Å². The summed E-state index contributed by atoms with van der Waals surface area (Å²) in [6.45, 7) is 7.17. The average molecular weight is 588 g/mol. The quantitative estimate of drug-likeness (QED) is 0.253. The van der Waals surface area contributed by atoms with Crippen LogP contribution in [0.4, 0.5) is 4.39 Å². The molecular weight excluding hydrogens is 553 g/mol. The Balaban J connectivity index is 1.98. The number of carbonyl (C=O) groups is 1. The molecule has 13 heteroatoms. The summed E-state index contributed by atoms with van der Waals surface area (Å²) in [5.74, 6) is -0.601. The van der Waals surface area contributed by atoms with Crippen molar-refractivity contribution in [1.82, 2.24) is 24.2 Å². The Labute approximate surface area is 240 Å². The summed E-state index contributed by atoms with van der Waals surface area (Å²) in [7, 11) is 2.99. The Morgan fingerprint density at radius 3 is 2.56 bits per heavy atom. The monoisotopic (exact) mass is 587 g/mol. The summed E-state index contributed by atoms with van der Waals surface area (Å²) >= 11 is 1.22. The molecule has 1 unspecified atom stereocenters. The summed E-state index contributed by atoms with van der Waals surface area (Å²) < 4.78 is 35.1. The number of nitrogens with zero attached hydrogens (tertiary/aromatic N) is 4. The van der Waals surface area contributed by atoms with E-state index in [4.69, 9.17) is 14.2 Å². The van der Waals surface area contributed by atoms with Crippen molar-refractivity contribution in [3.05, 3.63) is 74.4 Å². The van der Waals surface area contributed by atoms with E-state index in [9.17, 15) is 18.8 Å². The summed E-state index contributed by atoms with van der Waals surface area (Å²) in [5.41, 5.74) is -0.289. The Bertz CT molecular complexity index is 1640. The second-order valence-corrected chi connectivity index (χ2v) is 10.8. The van der Waals surface area contributed by atoms with E-state index in [0.717, 1.165) is 4.57 Å². The van der Waals surface area contributed by atoms with Crippen molar-refractivity contribution >= 4 is 27.5 Å². The van der Waals surface area contributed by atoms with Gasteiger partial charge in [0.2, 0.25) is 5.91 Å². The van der Waals surface area contributed by atoms with Gasteiger partial charge in [0.15, 0.2) is 0 Å². The number of aryl methyl sites for hydroxylation is 1. The number of halogens is 1. The molecule has 0 radical (unpaired) electrons. The SMILES string of the molecule is COCCO[C@@H](Cn1c(=O)n(C(C)C(=O)NC(C)C)c(=O)c2c(C)c(-n3cccn3)sc21)c1cc(F)ccc1OC. The molecule has 4 aromatic rings. The highest BCUT2D eigenvalue weighted by atomic mass is 32.1. The third-order valence-electron chi connectivity index (χ3n) is 6.62. The molecule has 0 aliphatic carbocycles. The van der Waals surface area contributed by atoms with E-state index in [2.05, 4.69) is 10.4 Å². The molecule has 0 bridgehead atoms. The van der Waals surface area contributed by atoms with E-state index in [0.29, 0.717) is 26.7 Å². The van der Waals surface area contributed by atoms with Crippen molar-refractivity contribution in [3.8, 4) is 10.8 Å². The number of nitrogens with one attached hydrogen (secondary N) is 1. The van der Waals surface area contributed by atoms with Crippen LogP contribution in [0.2, 0.25) is 0 Å². The molecular formula is C28H34FN5O6S. The highest BCUT2D eigenvalue weighted by Crippen LogP contribution is 2.34. The van der Waals surface area contributed by atoms with Crippen molar-refractivity contribution < 1.29 is 23.4 Å². The Kier molecular flexibility index (Phi) is 9.41. The van der Waals surface area contributed by atoms with Gasteiger partial charge in [-0.2, -0.15) is 5.10 Å². The van der Waals surface area contributed by atoms with Crippen molar-refractivity contribution in [1.29, 1.82) is 0 Å². The number of amides is 1. The van der Waals surface area contributed by atoms with Gasteiger partial charge in [-0.15, -0.1) is 0 Å². The van der Waals surface area contributed by atoms with Gasteiger partial charge in [-0.25, -0.2) is 18.4 Å². The van der Waals surface area contributed by atoms with Crippen molar-refractivity contribution in [2.45, 2.75) is 52.4 Å². The standard InChI is InChI=1S/C28H34FN5O6S/c1-16(2)31-24(35)18(4)34-25(36)23-17(3)26(33-11-7-10-30-33)41-27(23)32(28(34)37)15-22(40-13-12-38-5)20-14-19(29)8-9-21(20)39-6/h7-11,14,16,18,22H,12-13,15H2,1-6H3,(H,31,35)/t18?,22-/m0/s1. The maximum absolute atomic E-state index is 14.4. The lowest BCUT2D eigenvalue weighted by Gasteiger charge is -2.23. The second kappa shape index (κ2) is 12.8. The first kappa shape index (κ1) is 30.2. The van der Waals surface area contributed by atoms with Gasteiger partial charge < -0.3 is 19.5 Å². The summed E-state index contributed by atoms with van der Waals surface area (Å²) in [6.07, 6.45) is 2.49. The summed E-state index contributed by atoms with van der Waals surface area (Å²) in [4.78, 5) is 41.4. The van der Waals surface area contributed by atoms with Crippen molar-refractivity contribution in [3.63, 3.8) is 0 Å². The van der Waals surface area contributed by atoms with Gasteiger partial charge >= 0.3 is 5.69 Å². The topological polar surface area (TPSA) is 119 Å². The number of methoxy groups -OCH3 is 2. The molecule has 1 N–H and O–H groups in total. The first-order chi connectivity index (χ1) is 19.6. The number of rotatable bonds is 12. The fourth-order valence-electron chi connectivity index (χ4n) is 4.62. The predicted octanol–water partition coefficient (Wildman–Crippen LogP) is 3.36. The van der Waals surface area contributed by atoms with Gasteiger partial charge in [0.25, 0.3) is 5.56 Å². The first-order valence-electron chi connectivity index (χ1n) is 13.1. The van der Waals surface area contributed by atoms with Crippen LogP contribution in [0.25, 0.3) is 15.2 Å². The van der Waals surface area contributed by atoms with Crippen LogP contribution in [-0.4, -0.2) is 58.3 Å². The van der Waals surface area contributed by atoms with Crippen LogP contribution in [0.3, 0.4) is 0 Å². The minimum absolute atomic E-state index is 0.101. The van der Waals surface area contributed by atoms with Crippen molar-refractivity contribution in [2.75, 3.05) is 27.4 Å². The zero-order valence-electron chi connectivity index (χ0n) is 23.8. The van der Waals surface area contributed by atoms with Crippen LogP contribution in [0, 0.1) is 12.7 Å². The van der Waals surface area contributed by atoms with Crippen molar-refractivity contribution in [2.24, 2.45) is 0 Å². The molecule has 1 aromatic carbocycles. The number of carbonyl (C=O) groups excluding carboxylic acids is 1. The van der Waals surface area contributed by atoms with Crippen LogP contribution >= 0.6 is 11.3 Å². The molecule has 0 fully saturated rings. The van der Waals surface area contributed by atoms with Crippen LogP contribution in [-0.2, 0) is 20.8 Å². The zero-order chi connectivity index (χ0) is 29.8. The van der Waals surface area contributed by atoms with E-state index < -0.39 is 35.1 Å². The van der Waals surface area contributed by atoms with E-state index in [1.165, 1.54) is 55.2 Å². The number of aromatic nitrogens is 4. The van der Waals surface area contributed by atoms with E-state index in [1.807, 2.05) is 0 Å². The smallest absolute Gasteiger partial charge is 0.332 e. The average Bonchev–Trinajstić information content (AvgIpc) is 3.58. The minimum atomic E-state index is -1.10. The lowest BCUT2D eigenvalue weighted by Crippen LogP contribution is -2.47. The zero-order valence-corrected chi connectivity index (χ0v) is 24.7. The molecule has 41 heavy (non-hydrogen) atoms. The maximum Gasteiger partial charge on any atom is 0.332 e. The molecule has 11 nitrogen and oxygen atoms in total. The molecule has 4 rings (SSSR count). The van der Waals surface area contributed by atoms with Gasteiger partial charge in [-0.05, 0) is 52.0 Å². The lowest BCUT2D eigenvalue weighted by atomic mass is 10.1. The molecule has 0 saturated heterocycles. The second-order valence-electron chi connectivity index (χ2n) is 9.81. The fraction of sp³-hybridized carbons (Fsp3) is 0.429. The third kappa shape index (κ3) is 6.11. The van der Waals surface area contributed by atoms with Crippen LogP contribution < -0.4 is 21.3 Å². The fourth-order valence-corrected chi connectivity index (χ4v) is 5.87. The normalized spacial score (nSPS) is 13.1. The first-order valence-corrected chi connectivity index (χ1v) is 13.9. The largest absolute Gasteiger partial charge is 0.496 e. The van der Waals surface area contributed by atoms with Gasteiger partial charge in [0.1, 0.15) is 33.5 Å². The number of fused-ring (bicyclic) bond motifs is 1. The molecule has 220 valence electrons. The summed E-state index contributed by atoms with van der Waals surface area (Å²) in [5, 5.41) is 8.01. The summed E-state index contributed by atoms with van der Waals surface area (Å²) in [6, 6.07) is 4.51. The molecule has 3 aromatic heterocycles. The van der Waals surface area contributed by atoms with Gasteiger partial charge in [0, 0.05) is 36.7 Å². The van der Waals surface area contributed by atoms with Gasteiger partial charge in [-0.3, -0.25) is 14.2 Å². The molecule has 0 saturated carbocycles. The molecule has 3 heterocycles. The molecule has 0 spiro atoms. The number of benzene rings is 1. The Hall–Kier alpha value is -3.81. The maximum atomic E-state index is 14.4. The third-order valence-corrected chi connectivity index (χ3v) is 7.93. The molecule has 2 atom stereocenters. The number of hydrogen-bond acceptors (Lipinski definition) is 8. The van der Waals surface area contributed by atoms with Crippen LogP contribution in [0.5, 0.6) is 5.75 Å². The number of thiophene rings is 1. The van der Waals surface area contributed by atoms with Gasteiger partial charge in [0.05, 0.1) is 32.3 Å². The highest BCUT2D eigenvalue weighted by molar-refractivity contribution is 7.21. The molecule has 0 aliphatic heterocycles. The molecule has 1 amide bonds. The van der Waals surface area contributed by atoms with Crippen LogP contribution in [0.1, 0.15) is 44.0 Å². The predicted molar refractivity (Wildman–Crippen MR) is 154 cm³/mol. The van der Waals surface area contributed by atoms with Gasteiger partial charge in [-0.1, -0.05) is 11.3 Å². The lowest BCUT2D eigenvalue weighted by molar-refractivity contribution is -0.124. The minimum Gasteiger partial charge on any atom is -0.496 e. The highest BCUT2D eigenvalue weighted by Gasteiger charge is 2.29. The number of hydrogen-bond donors (Lipinski definition) is 1.